The zero-order valence-corrected chi connectivity index (χ0v) is 22.7. The average molecular weight is 547 g/mol. The van der Waals surface area contributed by atoms with Gasteiger partial charge >= 0.3 is 0 Å². The van der Waals surface area contributed by atoms with Crippen molar-refractivity contribution in [2.45, 2.75) is 51.1 Å². The number of hydrogen-bond donors (Lipinski definition) is 3. The molecule has 3 N–H and O–H groups in total. The van der Waals surface area contributed by atoms with Crippen LogP contribution in [0.25, 0.3) is 0 Å². The highest BCUT2D eigenvalue weighted by Crippen LogP contribution is 2.21. The summed E-state index contributed by atoms with van der Waals surface area (Å²) in [5.41, 5.74) is 1.66. The van der Waals surface area contributed by atoms with Crippen molar-refractivity contribution in [3.63, 3.8) is 0 Å². The molecule has 206 valence electrons. The van der Waals surface area contributed by atoms with Gasteiger partial charge in [-0.3, -0.25) is 14.4 Å². The lowest BCUT2D eigenvalue weighted by atomic mass is 10.0. The highest BCUT2D eigenvalue weighted by molar-refractivity contribution is 6.30. The van der Waals surface area contributed by atoms with Crippen molar-refractivity contribution in [1.82, 2.24) is 20.9 Å². The van der Waals surface area contributed by atoms with Crippen LogP contribution in [0, 0.1) is 5.82 Å². The Morgan fingerprint density at radius 1 is 1.08 bits per heavy atom. The maximum Gasteiger partial charge on any atom is 0.242 e. The number of ether oxygens (including phenoxy) is 1. The molecule has 0 fully saturated rings. The Balaban J connectivity index is 1.80. The second kappa shape index (κ2) is 14.7. The topological polar surface area (TPSA) is 99.8 Å². The monoisotopic (exact) mass is 546 g/mol. The third kappa shape index (κ3) is 8.99. The van der Waals surface area contributed by atoms with Crippen LogP contribution in [0.1, 0.15) is 37.3 Å². The molecule has 38 heavy (non-hydrogen) atoms. The van der Waals surface area contributed by atoms with Gasteiger partial charge in [-0.25, -0.2) is 4.39 Å². The summed E-state index contributed by atoms with van der Waals surface area (Å²) in [6.45, 7) is 2.78. The van der Waals surface area contributed by atoms with Gasteiger partial charge in [-0.15, -0.1) is 0 Å². The number of benzene rings is 2. The van der Waals surface area contributed by atoms with Crippen LogP contribution in [0.5, 0.6) is 5.75 Å². The Hall–Kier alpha value is -3.17. The van der Waals surface area contributed by atoms with Crippen molar-refractivity contribution in [1.29, 1.82) is 0 Å². The predicted molar refractivity (Wildman–Crippen MR) is 145 cm³/mol. The van der Waals surface area contributed by atoms with Crippen molar-refractivity contribution in [3.05, 3.63) is 64.4 Å². The van der Waals surface area contributed by atoms with Crippen LogP contribution in [-0.4, -0.2) is 68.0 Å². The van der Waals surface area contributed by atoms with Crippen LogP contribution >= 0.6 is 11.6 Å². The highest BCUT2D eigenvalue weighted by Gasteiger charge is 2.26. The van der Waals surface area contributed by atoms with E-state index in [9.17, 15) is 18.8 Å². The summed E-state index contributed by atoms with van der Waals surface area (Å²) < 4.78 is 19.7. The molecule has 2 aromatic carbocycles. The number of carbonyl (C=O) groups excluding carboxylic acids is 3. The van der Waals surface area contributed by atoms with E-state index in [4.69, 9.17) is 16.3 Å². The minimum absolute atomic E-state index is 0.186. The van der Waals surface area contributed by atoms with Crippen molar-refractivity contribution >= 4 is 29.3 Å². The first-order valence-corrected chi connectivity index (χ1v) is 13.4. The van der Waals surface area contributed by atoms with E-state index in [-0.39, 0.29) is 31.4 Å². The molecule has 1 heterocycles. The lowest BCUT2D eigenvalue weighted by Crippen LogP contribution is -2.53. The summed E-state index contributed by atoms with van der Waals surface area (Å²) in [7, 11) is 1.56. The van der Waals surface area contributed by atoms with E-state index in [0.29, 0.717) is 43.1 Å². The molecule has 0 saturated heterocycles. The molecular formula is C28H36ClFN4O4. The van der Waals surface area contributed by atoms with Gasteiger partial charge in [-0.05, 0) is 48.6 Å². The quantitative estimate of drug-likeness (QED) is 0.548. The molecule has 1 aliphatic heterocycles. The first-order chi connectivity index (χ1) is 18.3. The first-order valence-electron chi connectivity index (χ1n) is 13.0. The molecule has 0 bridgehead atoms. The Bertz CT molecular complexity index is 1100. The number of halogens is 2. The average Bonchev–Trinajstić information content (AvgIpc) is 2.89. The minimum atomic E-state index is -0.833. The van der Waals surface area contributed by atoms with Gasteiger partial charge in [0.25, 0.3) is 0 Å². The third-order valence-corrected chi connectivity index (χ3v) is 6.59. The zero-order chi connectivity index (χ0) is 27.5. The SMILES string of the molecule is CCC[C@@H]1NCCOc2cc(F)ccc2CCCNC(=O)[C@@H](Cc2ccc(Cl)cc2)NC(=O)CN(C)C1=O. The summed E-state index contributed by atoms with van der Waals surface area (Å²) in [4.78, 5) is 40.4. The van der Waals surface area contributed by atoms with Crippen LogP contribution < -0.4 is 20.7 Å². The van der Waals surface area contributed by atoms with Crippen molar-refractivity contribution in [2.75, 3.05) is 33.3 Å². The molecule has 3 rings (SSSR count). The smallest absolute Gasteiger partial charge is 0.242 e. The van der Waals surface area contributed by atoms with Gasteiger partial charge in [0.15, 0.2) is 0 Å². The number of rotatable bonds is 4. The number of nitrogens with one attached hydrogen (secondary N) is 3. The van der Waals surface area contributed by atoms with E-state index in [1.807, 2.05) is 6.92 Å². The summed E-state index contributed by atoms with van der Waals surface area (Å²) in [6, 6.07) is 10.2. The van der Waals surface area contributed by atoms with Gasteiger partial charge in [-0.1, -0.05) is 43.1 Å². The molecule has 0 radical (unpaired) electrons. The molecule has 3 amide bonds. The number of likely N-dealkylation sites (N-methyl/N-ethyl adjacent to an activating group) is 1. The fourth-order valence-electron chi connectivity index (χ4n) is 4.34. The molecule has 0 spiro atoms. The summed E-state index contributed by atoms with van der Waals surface area (Å²) in [6.07, 6.45) is 2.78. The number of hydrogen-bond acceptors (Lipinski definition) is 5. The molecule has 0 unspecified atom stereocenters. The van der Waals surface area contributed by atoms with Crippen LogP contribution in [0.3, 0.4) is 0 Å². The fourth-order valence-corrected chi connectivity index (χ4v) is 4.47. The Morgan fingerprint density at radius 2 is 1.84 bits per heavy atom. The second-order valence-electron chi connectivity index (χ2n) is 9.44. The van der Waals surface area contributed by atoms with Gasteiger partial charge in [0.2, 0.25) is 17.7 Å². The molecule has 0 saturated carbocycles. The van der Waals surface area contributed by atoms with E-state index in [0.717, 1.165) is 17.5 Å². The van der Waals surface area contributed by atoms with E-state index in [1.54, 1.807) is 37.4 Å². The van der Waals surface area contributed by atoms with E-state index < -0.39 is 23.8 Å². The van der Waals surface area contributed by atoms with Gasteiger partial charge < -0.3 is 25.6 Å². The fraction of sp³-hybridized carbons (Fsp3) is 0.464. The van der Waals surface area contributed by atoms with Crippen molar-refractivity contribution in [3.8, 4) is 5.75 Å². The molecule has 2 atom stereocenters. The largest absolute Gasteiger partial charge is 0.492 e. The number of fused-ring (bicyclic) bond motifs is 1. The Labute approximate surface area is 228 Å². The number of nitrogens with zero attached hydrogens (tertiary/aromatic N) is 1. The zero-order valence-electron chi connectivity index (χ0n) is 21.9. The summed E-state index contributed by atoms with van der Waals surface area (Å²) >= 11 is 5.99. The molecular weight excluding hydrogens is 511 g/mol. The summed E-state index contributed by atoms with van der Waals surface area (Å²) in [5, 5.41) is 9.46. The van der Waals surface area contributed by atoms with Crippen LogP contribution in [0.2, 0.25) is 5.02 Å². The van der Waals surface area contributed by atoms with Crippen molar-refractivity contribution in [2.24, 2.45) is 0 Å². The first kappa shape index (κ1) is 29.4. The minimum Gasteiger partial charge on any atom is -0.492 e. The Morgan fingerprint density at radius 3 is 2.58 bits per heavy atom. The maximum atomic E-state index is 13.9. The van der Waals surface area contributed by atoms with Gasteiger partial charge in [-0.2, -0.15) is 0 Å². The summed E-state index contributed by atoms with van der Waals surface area (Å²) in [5.74, 6) is -0.931. The van der Waals surface area contributed by atoms with Crippen LogP contribution in [0.15, 0.2) is 42.5 Å². The van der Waals surface area contributed by atoms with Gasteiger partial charge in [0.1, 0.15) is 24.2 Å². The standard InChI is InChI=1S/C28H36ClFN4O4/c1-3-5-23-28(37)34(2)18-26(35)33-24(16-19-7-10-21(29)11-8-19)27(36)32-13-4-6-20-9-12-22(30)17-25(20)38-15-14-31-23/h7-12,17,23-24,31H,3-6,13-16,18H2,1-2H3,(H,32,36)(H,33,35)/t23-,24+/m0/s1. The number of aryl methyl sites for hydroxylation is 1. The number of amides is 3. The number of carbonyl (C=O) groups is 3. The second-order valence-corrected chi connectivity index (χ2v) is 9.87. The third-order valence-electron chi connectivity index (χ3n) is 6.34. The normalized spacial score (nSPS) is 20.4. The lowest BCUT2D eigenvalue weighted by Gasteiger charge is -2.26. The van der Waals surface area contributed by atoms with E-state index >= 15 is 0 Å². The molecule has 2 aromatic rings. The molecule has 0 aromatic heterocycles. The van der Waals surface area contributed by atoms with E-state index in [2.05, 4.69) is 16.0 Å². The lowest BCUT2D eigenvalue weighted by molar-refractivity contribution is -0.137. The molecule has 0 aliphatic carbocycles. The maximum absolute atomic E-state index is 13.9. The van der Waals surface area contributed by atoms with E-state index in [1.165, 1.54) is 17.0 Å². The highest BCUT2D eigenvalue weighted by atomic mass is 35.5. The molecule has 8 nitrogen and oxygen atoms in total. The van der Waals surface area contributed by atoms with Crippen LogP contribution in [-0.2, 0) is 27.2 Å². The molecule has 10 heteroatoms. The van der Waals surface area contributed by atoms with Gasteiger partial charge in [0, 0.05) is 37.6 Å². The van der Waals surface area contributed by atoms with Crippen LogP contribution in [0.4, 0.5) is 4.39 Å². The molecule has 1 aliphatic rings. The van der Waals surface area contributed by atoms with Gasteiger partial charge in [0.05, 0.1) is 12.6 Å². The predicted octanol–water partition coefficient (Wildman–Crippen LogP) is 2.86. The Kier molecular flexibility index (Phi) is 11.4. The van der Waals surface area contributed by atoms with Crippen molar-refractivity contribution < 1.29 is 23.5 Å².